The molecule has 13 heavy (non-hydrogen) atoms. The van der Waals surface area contributed by atoms with Crippen molar-refractivity contribution in [3.8, 4) is 11.8 Å². The van der Waals surface area contributed by atoms with Crippen LogP contribution in [-0.2, 0) is 0 Å². The van der Waals surface area contributed by atoms with E-state index in [1.807, 2.05) is 30.3 Å². The molecule has 0 spiro atoms. The smallest absolute Gasteiger partial charge is 0.341 e. The van der Waals surface area contributed by atoms with Crippen LogP contribution in [0.2, 0.25) is 0 Å². The lowest BCUT2D eigenvalue weighted by Gasteiger charge is -2.00. The van der Waals surface area contributed by atoms with Crippen LogP contribution in [0.15, 0.2) is 42.7 Å². The molecule has 0 aliphatic heterocycles. The molecule has 1 aromatic heterocycles. The molecule has 0 saturated carbocycles. The fourth-order valence-corrected chi connectivity index (χ4v) is 0.876. The topological polar surface area (TPSA) is 47.9 Å². The number of para-hydroxylation sites is 1. The van der Waals surface area contributed by atoms with Crippen molar-refractivity contribution >= 4 is 0 Å². The van der Waals surface area contributed by atoms with Crippen molar-refractivity contribution in [3.63, 3.8) is 0 Å². The van der Waals surface area contributed by atoms with Crippen molar-refractivity contribution in [1.29, 1.82) is 0 Å². The summed E-state index contributed by atoms with van der Waals surface area (Å²) in [4.78, 5) is 3.88. The average Bonchev–Trinajstić information content (AvgIpc) is 2.21. The third-order valence-corrected chi connectivity index (χ3v) is 1.41. The second kappa shape index (κ2) is 3.62. The van der Waals surface area contributed by atoms with E-state index < -0.39 is 0 Å². The van der Waals surface area contributed by atoms with Crippen molar-refractivity contribution in [2.24, 2.45) is 0 Å². The Hall–Kier alpha value is -1.97. The Morgan fingerprint density at radius 1 is 1.00 bits per heavy atom. The van der Waals surface area contributed by atoms with Crippen LogP contribution in [0.1, 0.15) is 0 Å². The molecular weight excluding hydrogens is 166 g/mol. The van der Waals surface area contributed by atoms with Gasteiger partial charge in [-0.25, -0.2) is 4.98 Å². The zero-order valence-corrected chi connectivity index (χ0v) is 6.79. The van der Waals surface area contributed by atoms with Crippen molar-refractivity contribution in [2.45, 2.75) is 0 Å². The molecule has 2 aromatic rings. The molecule has 2 rings (SSSR count). The highest BCUT2D eigenvalue weighted by Crippen LogP contribution is 2.14. The molecule has 4 nitrogen and oxygen atoms in total. The molecule has 0 N–H and O–H groups in total. The molecule has 1 heterocycles. The van der Waals surface area contributed by atoms with Crippen LogP contribution in [0.3, 0.4) is 0 Å². The van der Waals surface area contributed by atoms with E-state index in [2.05, 4.69) is 15.2 Å². The largest absolute Gasteiger partial charge is 0.423 e. The lowest BCUT2D eigenvalue weighted by molar-refractivity contribution is 0.433. The zero-order chi connectivity index (χ0) is 8.93. The molecule has 0 aliphatic rings. The number of benzene rings is 1. The summed E-state index contributed by atoms with van der Waals surface area (Å²) in [6, 6.07) is 9.59. The van der Waals surface area contributed by atoms with Crippen LogP contribution in [0.25, 0.3) is 0 Å². The van der Waals surface area contributed by atoms with Gasteiger partial charge in [0.25, 0.3) is 0 Å². The van der Waals surface area contributed by atoms with E-state index >= 15 is 0 Å². The Kier molecular flexibility index (Phi) is 2.14. The number of ether oxygens (including phenoxy) is 1. The highest BCUT2D eigenvalue weighted by atomic mass is 16.5. The Labute approximate surface area is 75.2 Å². The quantitative estimate of drug-likeness (QED) is 0.693. The van der Waals surface area contributed by atoms with Gasteiger partial charge in [-0.3, -0.25) is 0 Å². The molecule has 0 aliphatic carbocycles. The first kappa shape index (κ1) is 7.67. The first-order chi connectivity index (χ1) is 6.45. The first-order valence-corrected chi connectivity index (χ1v) is 3.82. The molecule has 64 valence electrons. The van der Waals surface area contributed by atoms with Crippen LogP contribution in [0.4, 0.5) is 0 Å². The zero-order valence-electron chi connectivity index (χ0n) is 6.79. The number of rotatable bonds is 2. The van der Waals surface area contributed by atoms with Gasteiger partial charge in [-0.2, -0.15) is 5.10 Å². The van der Waals surface area contributed by atoms with E-state index in [4.69, 9.17) is 4.74 Å². The predicted octanol–water partition coefficient (Wildman–Crippen LogP) is 1.66. The monoisotopic (exact) mass is 173 g/mol. The van der Waals surface area contributed by atoms with E-state index in [0.717, 1.165) is 0 Å². The Bertz CT molecular complexity index is 326. The Morgan fingerprint density at radius 3 is 2.54 bits per heavy atom. The van der Waals surface area contributed by atoms with Gasteiger partial charge in [0.1, 0.15) is 5.75 Å². The van der Waals surface area contributed by atoms with Crippen LogP contribution >= 0.6 is 0 Å². The maximum Gasteiger partial charge on any atom is 0.341 e. The third kappa shape index (κ3) is 1.99. The van der Waals surface area contributed by atoms with Gasteiger partial charge in [-0.05, 0) is 12.1 Å². The van der Waals surface area contributed by atoms with Crippen molar-refractivity contribution in [2.75, 3.05) is 0 Å². The van der Waals surface area contributed by atoms with Crippen LogP contribution in [0.5, 0.6) is 11.8 Å². The molecule has 0 bridgehead atoms. The van der Waals surface area contributed by atoms with Gasteiger partial charge < -0.3 is 4.74 Å². The van der Waals surface area contributed by atoms with E-state index in [9.17, 15) is 0 Å². The van der Waals surface area contributed by atoms with E-state index in [0.29, 0.717) is 5.75 Å². The highest BCUT2D eigenvalue weighted by Gasteiger charge is 1.96. The van der Waals surface area contributed by atoms with Gasteiger partial charge in [-0.1, -0.05) is 23.3 Å². The maximum atomic E-state index is 5.29. The molecule has 0 unspecified atom stereocenters. The minimum Gasteiger partial charge on any atom is -0.423 e. The summed E-state index contributed by atoms with van der Waals surface area (Å²) in [5.41, 5.74) is 0. The molecule has 0 atom stereocenters. The molecule has 0 fully saturated rings. The van der Waals surface area contributed by atoms with E-state index in [1.165, 1.54) is 12.4 Å². The average molecular weight is 173 g/mol. The van der Waals surface area contributed by atoms with Crippen molar-refractivity contribution < 1.29 is 4.74 Å². The minimum atomic E-state index is 0.258. The Balaban J connectivity index is 2.16. The number of hydrogen-bond acceptors (Lipinski definition) is 4. The first-order valence-electron chi connectivity index (χ1n) is 3.82. The Morgan fingerprint density at radius 2 is 1.85 bits per heavy atom. The standard InChI is InChI=1S/C9H7N3O/c1-2-4-8(5-3-1)13-9-10-6-7-11-12-9/h1-7H. The van der Waals surface area contributed by atoms with E-state index in [1.54, 1.807) is 0 Å². The number of hydrogen-bond donors (Lipinski definition) is 0. The summed E-state index contributed by atoms with van der Waals surface area (Å²) in [6.45, 7) is 0. The molecular formula is C9H7N3O. The normalized spacial score (nSPS) is 9.54. The van der Waals surface area contributed by atoms with Crippen molar-refractivity contribution in [3.05, 3.63) is 42.7 Å². The fourth-order valence-electron chi connectivity index (χ4n) is 0.876. The predicted molar refractivity (Wildman–Crippen MR) is 46.3 cm³/mol. The minimum absolute atomic E-state index is 0.258. The summed E-state index contributed by atoms with van der Waals surface area (Å²) in [5, 5.41) is 7.33. The van der Waals surface area contributed by atoms with Crippen LogP contribution < -0.4 is 4.74 Å². The molecule has 0 amide bonds. The summed E-state index contributed by atoms with van der Waals surface area (Å²) >= 11 is 0. The van der Waals surface area contributed by atoms with Gasteiger partial charge in [0.05, 0.1) is 12.4 Å². The lowest BCUT2D eigenvalue weighted by atomic mass is 10.3. The SMILES string of the molecule is c1ccc(Oc2nccnn2)cc1. The van der Waals surface area contributed by atoms with Gasteiger partial charge in [0, 0.05) is 0 Å². The summed E-state index contributed by atoms with van der Waals surface area (Å²) in [5.74, 6) is 0.704. The van der Waals surface area contributed by atoms with Gasteiger partial charge in [-0.15, -0.1) is 0 Å². The van der Waals surface area contributed by atoms with Gasteiger partial charge in [0.15, 0.2) is 0 Å². The maximum absolute atomic E-state index is 5.29. The second-order valence-corrected chi connectivity index (χ2v) is 2.34. The van der Waals surface area contributed by atoms with Crippen LogP contribution in [0, 0.1) is 0 Å². The number of aromatic nitrogens is 3. The van der Waals surface area contributed by atoms with Gasteiger partial charge in [0.2, 0.25) is 0 Å². The van der Waals surface area contributed by atoms with Crippen molar-refractivity contribution in [1.82, 2.24) is 15.2 Å². The second-order valence-electron chi connectivity index (χ2n) is 2.34. The molecule has 0 radical (unpaired) electrons. The number of nitrogens with zero attached hydrogens (tertiary/aromatic N) is 3. The summed E-state index contributed by atoms with van der Waals surface area (Å²) < 4.78 is 5.29. The van der Waals surface area contributed by atoms with Gasteiger partial charge >= 0.3 is 6.01 Å². The fraction of sp³-hybridized carbons (Fsp3) is 0. The molecule has 0 saturated heterocycles. The highest BCUT2D eigenvalue weighted by molar-refractivity contribution is 5.23. The molecule has 1 aromatic carbocycles. The summed E-state index contributed by atoms with van der Waals surface area (Å²) in [6.07, 6.45) is 3.03. The van der Waals surface area contributed by atoms with E-state index in [-0.39, 0.29) is 6.01 Å². The summed E-state index contributed by atoms with van der Waals surface area (Å²) in [7, 11) is 0. The molecule has 4 heteroatoms. The lowest BCUT2D eigenvalue weighted by Crippen LogP contribution is -1.91. The van der Waals surface area contributed by atoms with Crippen LogP contribution in [-0.4, -0.2) is 15.2 Å². The third-order valence-electron chi connectivity index (χ3n) is 1.41.